The fourth-order valence-corrected chi connectivity index (χ4v) is 3.51. The molecular formula is C11H17BrN2S. The third kappa shape index (κ3) is 2.78. The molecule has 0 aromatic carbocycles. The molecule has 1 heterocycles. The zero-order valence-electron chi connectivity index (χ0n) is 9.08. The van der Waals surface area contributed by atoms with Crippen LogP contribution in [0.15, 0.2) is 0 Å². The molecule has 0 radical (unpaired) electrons. The molecule has 1 aromatic heterocycles. The molecule has 0 N–H and O–H groups in total. The van der Waals surface area contributed by atoms with E-state index >= 15 is 0 Å². The van der Waals surface area contributed by atoms with Gasteiger partial charge < -0.3 is 0 Å². The molecule has 2 rings (SSSR count). The maximum atomic E-state index is 4.35. The van der Waals surface area contributed by atoms with Gasteiger partial charge in [-0.15, -0.1) is 21.5 Å². The number of nitrogens with zero attached hydrogens (tertiary/aromatic N) is 2. The van der Waals surface area contributed by atoms with E-state index in [0.29, 0.717) is 10.7 Å². The number of alkyl halides is 1. The minimum absolute atomic E-state index is 0.396. The van der Waals surface area contributed by atoms with Crippen molar-refractivity contribution >= 4 is 27.3 Å². The number of hydrogen-bond donors (Lipinski definition) is 0. The Balaban J connectivity index is 2.05. The van der Waals surface area contributed by atoms with E-state index in [1.54, 1.807) is 11.3 Å². The predicted molar refractivity (Wildman–Crippen MR) is 67.7 cm³/mol. The maximum absolute atomic E-state index is 4.35. The molecule has 1 saturated carbocycles. The molecule has 0 aliphatic heterocycles. The summed E-state index contributed by atoms with van der Waals surface area (Å²) in [5.41, 5.74) is 0. The van der Waals surface area contributed by atoms with Gasteiger partial charge in [-0.1, -0.05) is 42.1 Å². The molecule has 1 aliphatic rings. The molecule has 1 atom stereocenters. The summed E-state index contributed by atoms with van der Waals surface area (Å²) in [6.07, 6.45) is 7.84. The third-order valence-corrected chi connectivity index (χ3v) is 5.62. The first kappa shape index (κ1) is 11.5. The standard InChI is InChI=1S/C11H17BrN2S/c1-2-9(12)11-14-13-10(15-11)8-6-4-3-5-7-8/h8-9H,2-7H2,1H3. The van der Waals surface area contributed by atoms with Gasteiger partial charge >= 0.3 is 0 Å². The molecule has 0 saturated heterocycles. The number of aromatic nitrogens is 2. The van der Waals surface area contributed by atoms with E-state index in [1.807, 2.05) is 0 Å². The SMILES string of the molecule is CCC(Br)c1nnc(C2CCCCC2)s1. The van der Waals surface area contributed by atoms with Gasteiger partial charge in [0.25, 0.3) is 0 Å². The summed E-state index contributed by atoms with van der Waals surface area (Å²) in [5.74, 6) is 0.696. The zero-order chi connectivity index (χ0) is 10.7. The summed E-state index contributed by atoms with van der Waals surface area (Å²) in [6, 6.07) is 0. The highest BCUT2D eigenvalue weighted by atomic mass is 79.9. The van der Waals surface area contributed by atoms with Crippen LogP contribution < -0.4 is 0 Å². The Morgan fingerprint density at radius 3 is 2.73 bits per heavy atom. The van der Waals surface area contributed by atoms with Crippen molar-refractivity contribution in [2.45, 2.75) is 56.2 Å². The van der Waals surface area contributed by atoms with Gasteiger partial charge in [0.05, 0.1) is 4.83 Å². The zero-order valence-corrected chi connectivity index (χ0v) is 11.5. The second kappa shape index (κ2) is 5.39. The van der Waals surface area contributed by atoms with Crippen LogP contribution in [0.5, 0.6) is 0 Å². The van der Waals surface area contributed by atoms with Crippen molar-refractivity contribution in [3.8, 4) is 0 Å². The lowest BCUT2D eigenvalue weighted by molar-refractivity contribution is 0.440. The number of halogens is 1. The largest absolute Gasteiger partial charge is 0.143 e. The second-order valence-electron chi connectivity index (χ2n) is 4.19. The lowest BCUT2D eigenvalue weighted by atomic mass is 9.90. The smallest absolute Gasteiger partial charge is 0.131 e. The van der Waals surface area contributed by atoms with Crippen molar-refractivity contribution in [3.63, 3.8) is 0 Å². The van der Waals surface area contributed by atoms with Gasteiger partial charge in [-0.2, -0.15) is 0 Å². The molecule has 4 heteroatoms. The van der Waals surface area contributed by atoms with Crippen molar-refractivity contribution < 1.29 is 0 Å². The van der Waals surface area contributed by atoms with Crippen LogP contribution in [-0.4, -0.2) is 10.2 Å². The molecule has 0 spiro atoms. The minimum Gasteiger partial charge on any atom is -0.143 e. The highest BCUT2D eigenvalue weighted by Gasteiger charge is 2.21. The summed E-state index contributed by atoms with van der Waals surface area (Å²) < 4.78 is 0. The molecule has 1 aromatic rings. The van der Waals surface area contributed by atoms with Gasteiger partial charge in [0, 0.05) is 5.92 Å². The molecule has 1 aliphatic carbocycles. The molecule has 15 heavy (non-hydrogen) atoms. The van der Waals surface area contributed by atoms with Gasteiger partial charge in [-0.25, -0.2) is 0 Å². The summed E-state index contributed by atoms with van der Waals surface area (Å²) in [4.78, 5) is 0.396. The van der Waals surface area contributed by atoms with E-state index in [4.69, 9.17) is 0 Å². The lowest BCUT2D eigenvalue weighted by Crippen LogP contribution is -2.03. The molecule has 0 bridgehead atoms. The fraction of sp³-hybridized carbons (Fsp3) is 0.818. The van der Waals surface area contributed by atoms with Crippen molar-refractivity contribution in [2.75, 3.05) is 0 Å². The van der Waals surface area contributed by atoms with E-state index in [9.17, 15) is 0 Å². The van der Waals surface area contributed by atoms with E-state index in [-0.39, 0.29) is 0 Å². The highest BCUT2D eigenvalue weighted by Crippen LogP contribution is 2.37. The maximum Gasteiger partial charge on any atom is 0.131 e. The van der Waals surface area contributed by atoms with E-state index < -0.39 is 0 Å². The molecule has 2 nitrogen and oxygen atoms in total. The Morgan fingerprint density at radius 1 is 1.33 bits per heavy atom. The summed E-state index contributed by atoms with van der Waals surface area (Å²) in [7, 11) is 0. The molecular weight excluding hydrogens is 272 g/mol. The minimum atomic E-state index is 0.396. The van der Waals surface area contributed by atoms with Gasteiger partial charge in [-0.3, -0.25) is 0 Å². The number of rotatable bonds is 3. The van der Waals surface area contributed by atoms with Crippen LogP contribution in [0.2, 0.25) is 0 Å². The van der Waals surface area contributed by atoms with Crippen molar-refractivity contribution in [3.05, 3.63) is 10.0 Å². The first-order valence-corrected chi connectivity index (χ1v) is 7.52. The molecule has 84 valence electrons. The van der Waals surface area contributed by atoms with Gasteiger partial charge in [0.1, 0.15) is 10.0 Å². The Kier molecular flexibility index (Phi) is 4.14. The van der Waals surface area contributed by atoms with Crippen LogP contribution in [0, 0.1) is 0 Å². The Hall–Kier alpha value is 0.0400. The third-order valence-electron chi connectivity index (χ3n) is 3.04. The molecule has 1 fully saturated rings. The normalized spacial score (nSPS) is 20.4. The second-order valence-corrected chi connectivity index (χ2v) is 6.34. The monoisotopic (exact) mass is 288 g/mol. The van der Waals surface area contributed by atoms with E-state index in [1.165, 1.54) is 37.1 Å². The first-order chi connectivity index (χ1) is 7.31. The van der Waals surface area contributed by atoms with Crippen LogP contribution in [0.1, 0.15) is 66.2 Å². The van der Waals surface area contributed by atoms with Gasteiger partial charge in [-0.05, 0) is 19.3 Å². The Bertz CT molecular complexity index is 307. The summed E-state index contributed by atoms with van der Waals surface area (Å²) in [6.45, 7) is 2.17. The average Bonchev–Trinajstić information content (AvgIpc) is 2.78. The van der Waals surface area contributed by atoms with Crippen LogP contribution >= 0.6 is 27.3 Å². The lowest BCUT2D eigenvalue weighted by Gasteiger charge is -2.18. The van der Waals surface area contributed by atoms with Gasteiger partial charge in [0.2, 0.25) is 0 Å². The van der Waals surface area contributed by atoms with Crippen molar-refractivity contribution in [2.24, 2.45) is 0 Å². The Morgan fingerprint density at radius 2 is 2.07 bits per heavy atom. The summed E-state index contributed by atoms with van der Waals surface area (Å²) in [5, 5.41) is 11.0. The average molecular weight is 289 g/mol. The fourth-order valence-electron chi connectivity index (χ4n) is 2.06. The highest BCUT2D eigenvalue weighted by molar-refractivity contribution is 9.09. The number of hydrogen-bond acceptors (Lipinski definition) is 3. The van der Waals surface area contributed by atoms with Gasteiger partial charge in [0.15, 0.2) is 0 Å². The molecule has 1 unspecified atom stereocenters. The quantitative estimate of drug-likeness (QED) is 0.769. The van der Waals surface area contributed by atoms with Crippen molar-refractivity contribution in [1.82, 2.24) is 10.2 Å². The first-order valence-electron chi connectivity index (χ1n) is 5.78. The molecule has 0 amide bonds. The van der Waals surface area contributed by atoms with Crippen LogP contribution in [0.4, 0.5) is 0 Å². The van der Waals surface area contributed by atoms with Crippen LogP contribution in [0.3, 0.4) is 0 Å². The van der Waals surface area contributed by atoms with Crippen LogP contribution in [-0.2, 0) is 0 Å². The van der Waals surface area contributed by atoms with Crippen LogP contribution in [0.25, 0.3) is 0 Å². The van der Waals surface area contributed by atoms with E-state index in [2.05, 4.69) is 33.1 Å². The van der Waals surface area contributed by atoms with E-state index in [0.717, 1.165) is 11.4 Å². The topological polar surface area (TPSA) is 25.8 Å². The van der Waals surface area contributed by atoms with Crippen molar-refractivity contribution in [1.29, 1.82) is 0 Å². The Labute approximate surface area is 104 Å². The summed E-state index contributed by atoms with van der Waals surface area (Å²) >= 11 is 5.43. The predicted octanol–water partition coefficient (Wildman–Crippen LogP) is 4.43.